The summed E-state index contributed by atoms with van der Waals surface area (Å²) >= 11 is 0. The van der Waals surface area contributed by atoms with E-state index < -0.39 is 0 Å². The van der Waals surface area contributed by atoms with Gasteiger partial charge >= 0.3 is 0 Å². The van der Waals surface area contributed by atoms with Gasteiger partial charge in [0.25, 0.3) is 0 Å². The van der Waals surface area contributed by atoms with Crippen molar-refractivity contribution in [1.29, 1.82) is 0 Å². The van der Waals surface area contributed by atoms with Gasteiger partial charge in [0.2, 0.25) is 0 Å². The van der Waals surface area contributed by atoms with Crippen molar-refractivity contribution in [2.24, 2.45) is 5.92 Å². The second-order valence-corrected chi connectivity index (χ2v) is 4.81. The number of hydrogen-bond donors (Lipinski definition) is 0. The molecule has 2 nitrogen and oxygen atoms in total. The van der Waals surface area contributed by atoms with Gasteiger partial charge in [0.1, 0.15) is 12.4 Å². The molecule has 0 N–H and O–H groups in total. The van der Waals surface area contributed by atoms with Crippen molar-refractivity contribution in [3.63, 3.8) is 0 Å². The smallest absolute Gasteiger partial charge is 0.172 e. The molecule has 1 unspecified atom stereocenters. The van der Waals surface area contributed by atoms with Crippen molar-refractivity contribution in [2.45, 2.75) is 46.5 Å². The predicted octanol–water partition coefficient (Wildman–Crippen LogP) is 4.02. The van der Waals surface area contributed by atoms with Crippen LogP contribution in [0.15, 0.2) is 24.3 Å². The standard InChI is InChI=1S/C16H24O2/c1-4-6-7-14-8-10-15(11-9-14)18-12-16(17)13(3)5-2/h8-11,13H,4-7,12H2,1-3H3. The molecule has 2 heteroatoms. The molecule has 0 amide bonds. The first kappa shape index (κ1) is 14.7. The van der Waals surface area contributed by atoms with E-state index in [2.05, 4.69) is 19.1 Å². The van der Waals surface area contributed by atoms with Crippen LogP contribution in [0.1, 0.15) is 45.6 Å². The Morgan fingerprint density at radius 2 is 1.89 bits per heavy atom. The largest absolute Gasteiger partial charge is 0.486 e. The molecular weight excluding hydrogens is 224 g/mol. The average molecular weight is 248 g/mol. The molecule has 0 spiro atoms. The molecule has 1 aromatic rings. The Hall–Kier alpha value is -1.31. The first-order valence-corrected chi connectivity index (χ1v) is 6.91. The highest BCUT2D eigenvalue weighted by molar-refractivity contribution is 5.82. The van der Waals surface area contributed by atoms with E-state index in [1.165, 1.54) is 18.4 Å². The van der Waals surface area contributed by atoms with E-state index in [1.807, 2.05) is 26.0 Å². The SMILES string of the molecule is CCCCc1ccc(OCC(=O)C(C)CC)cc1. The Bertz CT molecular complexity index is 354. The highest BCUT2D eigenvalue weighted by Crippen LogP contribution is 2.14. The number of ketones is 1. The quantitative estimate of drug-likeness (QED) is 0.694. The van der Waals surface area contributed by atoms with E-state index in [9.17, 15) is 4.79 Å². The fraction of sp³-hybridized carbons (Fsp3) is 0.562. The van der Waals surface area contributed by atoms with Crippen LogP contribution >= 0.6 is 0 Å². The van der Waals surface area contributed by atoms with Gasteiger partial charge in [0.15, 0.2) is 5.78 Å². The van der Waals surface area contributed by atoms with Gasteiger partial charge in [0.05, 0.1) is 0 Å². The summed E-state index contributed by atoms with van der Waals surface area (Å²) in [6.07, 6.45) is 4.41. The summed E-state index contributed by atoms with van der Waals surface area (Å²) in [6, 6.07) is 8.07. The molecule has 1 aromatic carbocycles. The van der Waals surface area contributed by atoms with E-state index in [0.29, 0.717) is 0 Å². The molecule has 1 rings (SSSR count). The minimum absolute atomic E-state index is 0.0915. The number of unbranched alkanes of at least 4 members (excludes halogenated alkanes) is 1. The summed E-state index contributed by atoms with van der Waals surface area (Å²) in [5.41, 5.74) is 1.33. The Morgan fingerprint density at radius 1 is 1.22 bits per heavy atom. The van der Waals surface area contributed by atoms with Crippen molar-refractivity contribution in [3.8, 4) is 5.75 Å². The van der Waals surface area contributed by atoms with Gasteiger partial charge in [-0.3, -0.25) is 4.79 Å². The zero-order valence-corrected chi connectivity index (χ0v) is 11.7. The van der Waals surface area contributed by atoms with Crippen LogP contribution in [0.2, 0.25) is 0 Å². The van der Waals surface area contributed by atoms with Crippen LogP contribution in [0.3, 0.4) is 0 Å². The van der Waals surface area contributed by atoms with Crippen LogP contribution in [0.4, 0.5) is 0 Å². The third kappa shape index (κ3) is 4.91. The van der Waals surface area contributed by atoms with Gasteiger partial charge in [-0.05, 0) is 37.0 Å². The molecule has 0 aromatic heterocycles. The van der Waals surface area contributed by atoms with Crippen molar-refractivity contribution in [2.75, 3.05) is 6.61 Å². The van der Waals surface area contributed by atoms with E-state index in [1.54, 1.807) is 0 Å². The first-order chi connectivity index (χ1) is 8.67. The Morgan fingerprint density at radius 3 is 2.44 bits per heavy atom. The predicted molar refractivity (Wildman–Crippen MR) is 75.0 cm³/mol. The lowest BCUT2D eigenvalue weighted by Gasteiger charge is -2.09. The van der Waals surface area contributed by atoms with Crippen molar-refractivity contribution < 1.29 is 9.53 Å². The Kier molecular flexibility index (Phi) is 6.48. The Balaban J connectivity index is 2.41. The van der Waals surface area contributed by atoms with Crippen LogP contribution in [-0.4, -0.2) is 12.4 Å². The van der Waals surface area contributed by atoms with Crippen LogP contribution in [-0.2, 0) is 11.2 Å². The molecule has 0 saturated heterocycles. The number of benzene rings is 1. The number of aryl methyl sites for hydroxylation is 1. The van der Waals surface area contributed by atoms with Gasteiger partial charge in [-0.25, -0.2) is 0 Å². The maximum absolute atomic E-state index is 11.6. The third-order valence-corrected chi connectivity index (χ3v) is 3.29. The molecule has 0 bridgehead atoms. The van der Waals surface area contributed by atoms with E-state index in [4.69, 9.17) is 4.74 Å². The van der Waals surface area contributed by atoms with Crippen molar-refractivity contribution >= 4 is 5.78 Å². The summed E-state index contributed by atoms with van der Waals surface area (Å²) in [5.74, 6) is 1.05. The lowest BCUT2D eigenvalue weighted by molar-refractivity contribution is -0.124. The lowest BCUT2D eigenvalue weighted by Crippen LogP contribution is -2.18. The molecule has 0 radical (unpaired) electrons. The third-order valence-electron chi connectivity index (χ3n) is 3.29. The zero-order chi connectivity index (χ0) is 13.4. The number of hydrogen-bond acceptors (Lipinski definition) is 2. The van der Waals surface area contributed by atoms with E-state index >= 15 is 0 Å². The second kappa shape index (κ2) is 7.91. The fourth-order valence-electron chi connectivity index (χ4n) is 1.66. The molecule has 0 saturated carbocycles. The van der Waals surface area contributed by atoms with Gasteiger partial charge < -0.3 is 4.74 Å². The maximum Gasteiger partial charge on any atom is 0.172 e. The molecule has 0 aliphatic rings. The number of carbonyl (C=O) groups is 1. The highest BCUT2D eigenvalue weighted by atomic mass is 16.5. The van der Waals surface area contributed by atoms with Crippen LogP contribution in [0.25, 0.3) is 0 Å². The van der Waals surface area contributed by atoms with Crippen LogP contribution in [0.5, 0.6) is 5.75 Å². The molecule has 0 fully saturated rings. The monoisotopic (exact) mass is 248 g/mol. The maximum atomic E-state index is 11.6. The van der Waals surface area contributed by atoms with Crippen molar-refractivity contribution in [3.05, 3.63) is 29.8 Å². The molecule has 0 aliphatic heterocycles. The summed E-state index contributed by atoms with van der Waals surface area (Å²) in [6.45, 7) is 6.34. The summed E-state index contributed by atoms with van der Waals surface area (Å²) in [5, 5.41) is 0. The number of carbonyl (C=O) groups excluding carboxylic acids is 1. The summed E-state index contributed by atoms with van der Waals surface area (Å²) in [7, 11) is 0. The molecule has 100 valence electrons. The van der Waals surface area contributed by atoms with Crippen LogP contribution in [0, 0.1) is 5.92 Å². The first-order valence-electron chi connectivity index (χ1n) is 6.91. The normalized spacial score (nSPS) is 12.2. The van der Waals surface area contributed by atoms with E-state index in [0.717, 1.165) is 18.6 Å². The van der Waals surface area contributed by atoms with E-state index in [-0.39, 0.29) is 18.3 Å². The molecule has 0 aliphatic carbocycles. The minimum atomic E-state index is 0.0915. The van der Waals surface area contributed by atoms with Gasteiger partial charge in [-0.15, -0.1) is 0 Å². The minimum Gasteiger partial charge on any atom is -0.486 e. The number of Topliss-reactive ketones (excluding diaryl/α,β-unsaturated/α-hetero) is 1. The molecule has 1 atom stereocenters. The Labute approximate surface area is 110 Å². The number of ether oxygens (including phenoxy) is 1. The van der Waals surface area contributed by atoms with Gasteiger partial charge in [-0.1, -0.05) is 39.3 Å². The molecule has 18 heavy (non-hydrogen) atoms. The molecular formula is C16H24O2. The molecule has 0 heterocycles. The van der Waals surface area contributed by atoms with Crippen LogP contribution < -0.4 is 4.74 Å². The second-order valence-electron chi connectivity index (χ2n) is 4.81. The van der Waals surface area contributed by atoms with Gasteiger partial charge in [-0.2, -0.15) is 0 Å². The summed E-state index contributed by atoms with van der Waals surface area (Å²) in [4.78, 5) is 11.6. The summed E-state index contributed by atoms with van der Waals surface area (Å²) < 4.78 is 5.50. The topological polar surface area (TPSA) is 26.3 Å². The highest BCUT2D eigenvalue weighted by Gasteiger charge is 2.10. The average Bonchev–Trinajstić information content (AvgIpc) is 2.42. The van der Waals surface area contributed by atoms with Crippen molar-refractivity contribution in [1.82, 2.24) is 0 Å². The number of rotatable bonds is 8. The van der Waals surface area contributed by atoms with Gasteiger partial charge in [0, 0.05) is 5.92 Å². The zero-order valence-electron chi connectivity index (χ0n) is 11.7. The fourth-order valence-corrected chi connectivity index (χ4v) is 1.66. The lowest BCUT2D eigenvalue weighted by atomic mass is 10.0.